The minimum absolute atomic E-state index is 0.153. The lowest BCUT2D eigenvalue weighted by atomic mass is 9.79. The van der Waals surface area contributed by atoms with Gasteiger partial charge in [0.15, 0.2) is 0 Å². The Morgan fingerprint density at radius 2 is 2.00 bits per heavy atom. The number of sulfone groups is 1. The third kappa shape index (κ3) is 1.95. The molecule has 1 aliphatic rings. The molecule has 0 aromatic rings. The Hall–Kier alpha value is -0.0900. The fourth-order valence-electron chi connectivity index (χ4n) is 1.30. The molecule has 0 aromatic carbocycles. The predicted octanol–water partition coefficient (Wildman–Crippen LogP) is -0.0876. The maximum atomic E-state index is 10.8. The molecule has 60 valence electrons. The average Bonchev–Trinajstić information content (AvgIpc) is 1.57. The molecule has 1 aliphatic carbocycles. The zero-order valence-electron chi connectivity index (χ0n) is 6.13. The second-order valence-corrected chi connectivity index (χ2v) is 5.43. The lowest BCUT2D eigenvalue weighted by Crippen LogP contribution is -2.51. The first kappa shape index (κ1) is 8.01. The summed E-state index contributed by atoms with van der Waals surface area (Å²) in [7, 11) is -2.87. The molecule has 0 saturated heterocycles. The highest BCUT2D eigenvalue weighted by Gasteiger charge is 2.35. The van der Waals surface area contributed by atoms with Gasteiger partial charge in [0.25, 0.3) is 0 Å². The summed E-state index contributed by atoms with van der Waals surface area (Å²) in [5.41, 5.74) is 5.33. The van der Waals surface area contributed by atoms with Crippen molar-refractivity contribution in [3.63, 3.8) is 0 Å². The van der Waals surface area contributed by atoms with E-state index >= 15 is 0 Å². The Balaban J connectivity index is 2.53. The van der Waals surface area contributed by atoms with Crippen LogP contribution in [-0.2, 0) is 9.84 Å². The molecule has 2 N–H and O–H groups in total. The van der Waals surface area contributed by atoms with Crippen LogP contribution < -0.4 is 5.73 Å². The van der Waals surface area contributed by atoms with Crippen molar-refractivity contribution >= 4 is 9.84 Å². The van der Waals surface area contributed by atoms with E-state index < -0.39 is 9.84 Å². The van der Waals surface area contributed by atoms with Gasteiger partial charge in [0.2, 0.25) is 0 Å². The normalized spacial score (nSPS) is 23.8. The van der Waals surface area contributed by atoms with Gasteiger partial charge >= 0.3 is 0 Å². The molecule has 0 bridgehead atoms. The van der Waals surface area contributed by atoms with Crippen LogP contribution >= 0.6 is 0 Å². The van der Waals surface area contributed by atoms with E-state index in [0.29, 0.717) is 0 Å². The van der Waals surface area contributed by atoms with Gasteiger partial charge in [-0.2, -0.15) is 0 Å². The van der Waals surface area contributed by atoms with Gasteiger partial charge in [0.05, 0.1) is 5.75 Å². The summed E-state index contributed by atoms with van der Waals surface area (Å²) in [6.07, 6.45) is 4.03. The molecular formula is C6H13NO2S. The van der Waals surface area contributed by atoms with Crippen LogP contribution in [0.2, 0.25) is 0 Å². The molecule has 1 saturated carbocycles. The van der Waals surface area contributed by atoms with Crippen LogP contribution in [0.3, 0.4) is 0 Å². The van der Waals surface area contributed by atoms with Crippen LogP contribution in [-0.4, -0.2) is 26.0 Å². The fraction of sp³-hybridized carbons (Fsp3) is 1.00. The second kappa shape index (κ2) is 2.20. The standard InChI is InChI=1S/C6H13NO2S/c1-10(8,9)5-6(7)3-2-4-6/h2-5,7H2,1H3. The zero-order chi connectivity index (χ0) is 7.83. The molecule has 0 radical (unpaired) electrons. The summed E-state index contributed by atoms with van der Waals surface area (Å²) in [6.45, 7) is 0. The Bertz CT molecular complexity index is 216. The Labute approximate surface area is 61.5 Å². The van der Waals surface area contributed by atoms with E-state index in [0.717, 1.165) is 19.3 Å². The first-order valence-corrected chi connectivity index (χ1v) is 5.44. The van der Waals surface area contributed by atoms with Gasteiger partial charge in [0, 0.05) is 11.8 Å². The minimum Gasteiger partial charge on any atom is -0.324 e. The highest BCUT2D eigenvalue weighted by molar-refractivity contribution is 7.90. The summed E-state index contributed by atoms with van der Waals surface area (Å²) in [4.78, 5) is 0. The smallest absolute Gasteiger partial charge is 0.149 e. The van der Waals surface area contributed by atoms with E-state index in [9.17, 15) is 8.42 Å². The third-order valence-electron chi connectivity index (χ3n) is 1.90. The van der Waals surface area contributed by atoms with Gasteiger partial charge in [-0.3, -0.25) is 0 Å². The summed E-state index contributed by atoms with van der Waals surface area (Å²) in [6, 6.07) is 0. The topological polar surface area (TPSA) is 60.2 Å². The number of rotatable bonds is 2. The molecule has 0 spiro atoms. The first-order valence-electron chi connectivity index (χ1n) is 3.38. The van der Waals surface area contributed by atoms with Crippen molar-refractivity contribution in [3.8, 4) is 0 Å². The summed E-state index contributed by atoms with van der Waals surface area (Å²) >= 11 is 0. The van der Waals surface area contributed by atoms with E-state index in [1.165, 1.54) is 6.26 Å². The van der Waals surface area contributed by atoms with E-state index in [1.54, 1.807) is 0 Å². The summed E-state index contributed by atoms with van der Waals surface area (Å²) in [5, 5.41) is 0. The number of hydrogen-bond donors (Lipinski definition) is 1. The average molecular weight is 163 g/mol. The van der Waals surface area contributed by atoms with E-state index in [4.69, 9.17) is 5.73 Å². The lowest BCUT2D eigenvalue weighted by Gasteiger charge is -2.37. The van der Waals surface area contributed by atoms with Crippen LogP contribution in [0.25, 0.3) is 0 Å². The van der Waals surface area contributed by atoms with Crippen molar-refractivity contribution in [3.05, 3.63) is 0 Å². The quantitative estimate of drug-likeness (QED) is 0.619. The third-order valence-corrected chi connectivity index (χ3v) is 3.00. The molecule has 10 heavy (non-hydrogen) atoms. The van der Waals surface area contributed by atoms with Crippen molar-refractivity contribution in [1.29, 1.82) is 0 Å². The highest BCUT2D eigenvalue weighted by atomic mass is 32.2. The molecule has 1 rings (SSSR count). The van der Waals surface area contributed by atoms with E-state index in [-0.39, 0.29) is 11.3 Å². The Morgan fingerprint density at radius 3 is 2.10 bits per heavy atom. The zero-order valence-corrected chi connectivity index (χ0v) is 6.95. The number of hydrogen-bond acceptors (Lipinski definition) is 3. The van der Waals surface area contributed by atoms with Crippen LogP contribution in [0, 0.1) is 0 Å². The predicted molar refractivity (Wildman–Crippen MR) is 40.5 cm³/mol. The fourth-order valence-corrected chi connectivity index (χ4v) is 2.63. The molecule has 0 heterocycles. The van der Waals surface area contributed by atoms with Crippen molar-refractivity contribution < 1.29 is 8.42 Å². The van der Waals surface area contributed by atoms with Gasteiger partial charge < -0.3 is 5.73 Å². The van der Waals surface area contributed by atoms with E-state index in [2.05, 4.69) is 0 Å². The molecule has 1 fully saturated rings. The van der Waals surface area contributed by atoms with Crippen LogP contribution in [0.4, 0.5) is 0 Å². The molecule has 0 amide bonds. The Kier molecular flexibility index (Phi) is 1.76. The summed E-state index contributed by atoms with van der Waals surface area (Å²) < 4.78 is 21.5. The molecule has 0 aromatic heterocycles. The minimum atomic E-state index is -2.87. The molecule has 3 nitrogen and oxygen atoms in total. The molecule has 0 aliphatic heterocycles. The Morgan fingerprint density at radius 1 is 1.50 bits per heavy atom. The summed E-state index contributed by atoms with van der Waals surface area (Å²) in [5.74, 6) is 0.153. The molecule has 0 unspecified atom stereocenters. The van der Waals surface area contributed by atoms with Crippen LogP contribution in [0.5, 0.6) is 0 Å². The van der Waals surface area contributed by atoms with Crippen molar-refractivity contribution in [1.82, 2.24) is 0 Å². The molecule has 0 atom stereocenters. The first-order chi connectivity index (χ1) is 4.41. The highest BCUT2D eigenvalue weighted by Crippen LogP contribution is 2.29. The number of nitrogens with two attached hydrogens (primary N) is 1. The van der Waals surface area contributed by atoms with Gasteiger partial charge in [-0.25, -0.2) is 8.42 Å². The van der Waals surface area contributed by atoms with Crippen molar-refractivity contribution in [2.75, 3.05) is 12.0 Å². The molecule has 4 heteroatoms. The van der Waals surface area contributed by atoms with Crippen molar-refractivity contribution in [2.45, 2.75) is 24.8 Å². The van der Waals surface area contributed by atoms with Crippen molar-refractivity contribution in [2.24, 2.45) is 5.73 Å². The van der Waals surface area contributed by atoms with Gasteiger partial charge in [-0.05, 0) is 19.3 Å². The van der Waals surface area contributed by atoms with E-state index in [1.807, 2.05) is 0 Å². The lowest BCUT2D eigenvalue weighted by molar-refractivity contribution is 0.279. The van der Waals surface area contributed by atoms with Gasteiger partial charge in [-0.1, -0.05) is 0 Å². The monoisotopic (exact) mass is 163 g/mol. The molecular weight excluding hydrogens is 150 g/mol. The van der Waals surface area contributed by atoms with Crippen LogP contribution in [0.1, 0.15) is 19.3 Å². The maximum absolute atomic E-state index is 10.8. The SMILES string of the molecule is CS(=O)(=O)CC1(N)CCC1. The largest absolute Gasteiger partial charge is 0.324 e. The van der Waals surface area contributed by atoms with Gasteiger partial charge in [0.1, 0.15) is 9.84 Å². The second-order valence-electron chi connectivity index (χ2n) is 3.29. The van der Waals surface area contributed by atoms with Gasteiger partial charge in [-0.15, -0.1) is 0 Å². The maximum Gasteiger partial charge on any atom is 0.149 e. The van der Waals surface area contributed by atoms with Crippen LogP contribution in [0.15, 0.2) is 0 Å².